The Hall–Kier alpha value is -2.05. The van der Waals surface area contributed by atoms with Gasteiger partial charge in [-0.05, 0) is 24.3 Å². The lowest BCUT2D eigenvalue weighted by Crippen LogP contribution is -2.16. The molecule has 108 valence electrons. The first kappa shape index (κ1) is 13.9. The zero-order valence-electron chi connectivity index (χ0n) is 10.9. The van der Waals surface area contributed by atoms with E-state index < -0.39 is 5.97 Å². The van der Waals surface area contributed by atoms with Crippen LogP contribution in [0, 0.1) is 0 Å². The summed E-state index contributed by atoms with van der Waals surface area (Å²) in [5.41, 5.74) is 0.0886. The van der Waals surface area contributed by atoms with Crippen LogP contribution in [0.15, 0.2) is 44.4 Å². The highest BCUT2D eigenvalue weighted by Crippen LogP contribution is 2.33. The van der Waals surface area contributed by atoms with E-state index in [-0.39, 0.29) is 23.9 Å². The smallest absolute Gasteiger partial charge is 0.305 e. The molecule has 1 aliphatic rings. The maximum atomic E-state index is 12.4. The number of ether oxygens (including phenoxy) is 1. The highest BCUT2D eigenvalue weighted by atomic mass is 32.2. The minimum Gasteiger partial charge on any atom is -0.481 e. The van der Waals surface area contributed by atoms with Gasteiger partial charge in [0, 0.05) is 0 Å². The molecule has 21 heavy (non-hydrogen) atoms. The largest absolute Gasteiger partial charge is 0.481 e. The fourth-order valence-electron chi connectivity index (χ4n) is 2.04. The molecule has 1 aromatic heterocycles. The van der Waals surface area contributed by atoms with E-state index in [9.17, 15) is 9.59 Å². The highest BCUT2D eigenvalue weighted by Gasteiger charge is 2.21. The first-order valence-electron chi connectivity index (χ1n) is 6.39. The van der Waals surface area contributed by atoms with Crippen molar-refractivity contribution in [2.24, 2.45) is 0 Å². The first-order valence-corrected chi connectivity index (χ1v) is 7.27. The summed E-state index contributed by atoms with van der Waals surface area (Å²) in [6.07, 6.45) is 3.39. The van der Waals surface area contributed by atoms with E-state index in [0.717, 1.165) is 0 Å². The van der Waals surface area contributed by atoms with Crippen LogP contribution in [0.3, 0.4) is 0 Å². The molecule has 1 atom stereocenters. The maximum Gasteiger partial charge on any atom is 0.305 e. The van der Waals surface area contributed by atoms with Gasteiger partial charge in [-0.3, -0.25) is 9.59 Å². The maximum absolute atomic E-state index is 12.4. The van der Waals surface area contributed by atoms with Crippen LogP contribution in [0.25, 0.3) is 17.0 Å². The fourth-order valence-corrected chi connectivity index (χ4v) is 3.03. The number of benzene rings is 1. The van der Waals surface area contributed by atoms with Gasteiger partial charge in [-0.1, -0.05) is 23.9 Å². The molecule has 0 saturated heterocycles. The molecule has 0 aliphatic carbocycles. The standard InChI is InChI=1S/C15H12O5S/c16-12(17)7-8-19-13-6-5-11-15(21-13)14(18)9-3-1-2-4-10(9)20-11/h1-6,13H,7-8H2,(H,16,17). The molecule has 0 saturated carbocycles. The topological polar surface area (TPSA) is 76.7 Å². The van der Waals surface area contributed by atoms with Crippen LogP contribution in [-0.4, -0.2) is 23.1 Å². The lowest BCUT2D eigenvalue weighted by molar-refractivity contribution is -0.138. The van der Waals surface area contributed by atoms with Crippen LogP contribution >= 0.6 is 11.8 Å². The Morgan fingerprint density at radius 2 is 2.19 bits per heavy atom. The van der Waals surface area contributed by atoms with E-state index >= 15 is 0 Å². The summed E-state index contributed by atoms with van der Waals surface area (Å²) in [6, 6.07) is 7.08. The SMILES string of the molecule is O=C(O)CCOC1C=Cc2oc3ccccc3c(=O)c2S1. The zero-order valence-corrected chi connectivity index (χ0v) is 11.8. The molecule has 5 nitrogen and oxygen atoms in total. The van der Waals surface area contributed by atoms with Gasteiger partial charge in [0.2, 0.25) is 5.43 Å². The van der Waals surface area contributed by atoms with Crippen molar-refractivity contribution in [2.45, 2.75) is 16.8 Å². The number of aliphatic carboxylic acids is 1. The lowest BCUT2D eigenvalue weighted by Gasteiger charge is -2.18. The predicted octanol–water partition coefficient (Wildman–Crippen LogP) is 2.73. The monoisotopic (exact) mass is 304 g/mol. The van der Waals surface area contributed by atoms with Crippen molar-refractivity contribution >= 4 is 34.8 Å². The van der Waals surface area contributed by atoms with Crippen molar-refractivity contribution in [3.8, 4) is 0 Å². The molecular formula is C15H12O5S. The molecule has 0 spiro atoms. The molecule has 1 N–H and O–H groups in total. The summed E-state index contributed by atoms with van der Waals surface area (Å²) in [7, 11) is 0. The molecule has 1 unspecified atom stereocenters. The molecule has 0 amide bonds. The average molecular weight is 304 g/mol. The van der Waals surface area contributed by atoms with Gasteiger partial charge in [0.15, 0.2) is 0 Å². The van der Waals surface area contributed by atoms with Gasteiger partial charge in [-0.25, -0.2) is 0 Å². The van der Waals surface area contributed by atoms with E-state index in [1.54, 1.807) is 30.4 Å². The third-order valence-electron chi connectivity index (χ3n) is 3.02. The van der Waals surface area contributed by atoms with Crippen molar-refractivity contribution in [3.63, 3.8) is 0 Å². The van der Waals surface area contributed by atoms with Crippen molar-refractivity contribution in [3.05, 3.63) is 46.3 Å². The van der Waals surface area contributed by atoms with Gasteiger partial charge >= 0.3 is 5.97 Å². The normalized spacial score (nSPS) is 16.9. The number of thioether (sulfide) groups is 1. The third-order valence-corrected chi connectivity index (χ3v) is 4.17. The molecule has 0 fully saturated rings. The Bertz CT molecular complexity index is 777. The minimum absolute atomic E-state index is 0.0654. The summed E-state index contributed by atoms with van der Waals surface area (Å²) >= 11 is 1.24. The van der Waals surface area contributed by atoms with E-state index in [1.807, 2.05) is 6.07 Å². The number of carboxylic acids is 1. The summed E-state index contributed by atoms with van der Waals surface area (Å²) in [5.74, 6) is -0.396. The molecule has 3 rings (SSSR count). The Morgan fingerprint density at radius 1 is 1.38 bits per heavy atom. The molecule has 2 aromatic rings. The van der Waals surface area contributed by atoms with E-state index in [4.69, 9.17) is 14.3 Å². The van der Waals surface area contributed by atoms with Crippen LogP contribution in [0.1, 0.15) is 12.2 Å². The average Bonchev–Trinajstić information content (AvgIpc) is 2.48. The molecule has 0 bridgehead atoms. The number of carbonyl (C=O) groups is 1. The van der Waals surface area contributed by atoms with Crippen molar-refractivity contribution in [1.29, 1.82) is 0 Å². The number of fused-ring (bicyclic) bond motifs is 2. The summed E-state index contributed by atoms with van der Waals surface area (Å²) in [6.45, 7) is 0.103. The van der Waals surface area contributed by atoms with Gasteiger partial charge in [-0.2, -0.15) is 0 Å². The molecule has 0 radical (unpaired) electrons. The van der Waals surface area contributed by atoms with Crippen LogP contribution in [0.4, 0.5) is 0 Å². The van der Waals surface area contributed by atoms with E-state index in [1.165, 1.54) is 11.8 Å². The van der Waals surface area contributed by atoms with Crippen LogP contribution in [0.2, 0.25) is 0 Å². The summed E-state index contributed by atoms with van der Waals surface area (Å²) < 4.78 is 11.1. The van der Waals surface area contributed by atoms with Gasteiger partial charge in [-0.15, -0.1) is 0 Å². The van der Waals surface area contributed by atoms with Gasteiger partial charge in [0.05, 0.1) is 18.4 Å². The number of rotatable bonds is 4. The minimum atomic E-state index is -0.911. The zero-order chi connectivity index (χ0) is 14.8. The first-order chi connectivity index (χ1) is 10.1. The van der Waals surface area contributed by atoms with E-state index in [0.29, 0.717) is 21.6 Å². The second-order valence-corrected chi connectivity index (χ2v) is 5.59. The Kier molecular flexibility index (Phi) is 3.81. The Morgan fingerprint density at radius 3 is 3.00 bits per heavy atom. The van der Waals surface area contributed by atoms with E-state index in [2.05, 4.69) is 0 Å². The second kappa shape index (κ2) is 5.75. The number of carboxylic acid groups (broad SMARTS) is 1. The van der Waals surface area contributed by atoms with Crippen LogP contribution < -0.4 is 5.43 Å². The fraction of sp³-hybridized carbons (Fsp3) is 0.200. The molecule has 1 aliphatic heterocycles. The number of hydrogen-bond acceptors (Lipinski definition) is 5. The molecular weight excluding hydrogens is 292 g/mol. The molecule has 6 heteroatoms. The van der Waals surface area contributed by atoms with Gasteiger partial charge in [0.25, 0.3) is 0 Å². The number of hydrogen-bond donors (Lipinski definition) is 1. The second-order valence-electron chi connectivity index (χ2n) is 4.48. The van der Waals surface area contributed by atoms with Gasteiger partial charge in [0.1, 0.15) is 21.7 Å². The third kappa shape index (κ3) is 2.86. The van der Waals surface area contributed by atoms with Crippen LogP contribution in [-0.2, 0) is 9.53 Å². The van der Waals surface area contributed by atoms with Crippen molar-refractivity contribution < 1.29 is 19.1 Å². The van der Waals surface area contributed by atoms with Crippen LogP contribution in [0.5, 0.6) is 0 Å². The highest BCUT2D eigenvalue weighted by molar-refractivity contribution is 8.00. The van der Waals surface area contributed by atoms with Gasteiger partial charge < -0.3 is 14.3 Å². The molecule has 1 aromatic carbocycles. The Labute approximate surface area is 124 Å². The predicted molar refractivity (Wildman–Crippen MR) is 79.4 cm³/mol. The Balaban J connectivity index is 1.87. The van der Waals surface area contributed by atoms with Crippen molar-refractivity contribution in [1.82, 2.24) is 0 Å². The quantitative estimate of drug-likeness (QED) is 0.936. The molecule has 2 heterocycles. The lowest BCUT2D eigenvalue weighted by atomic mass is 10.2. The van der Waals surface area contributed by atoms with Crippen molar-refractivity contribution in [2.75, 3.05) is 6.61 Å². The number of para-hydroxylation sites is 1. The summed E-state index contributed by atoms with van der Waals surface area (Å²) in [5, 5.41) is 9.12. The summed E-state index contributed by atoms with van der Waals surface area (Å²) in [4.78, 5) is 23.4.